The van der Waals surface area contributed by atoms with Gasteiger partial charge >= 0.3 is 0 Å². The molecule has 0 heterocycles. The molecule has 0 atom stereocenters. The summed E-state index contributed by atoms with van der Waals surface area (Å²) in [4.78, 5) is 12.3. The van der Waals surface area contributed by atoms with E-state index in [1.807, 2.05) is 45.0 Å². The van der Waals surface area contributed by atoms with Gasteiger partial charge in [0.1, 0.15) is 5.75 Å². The molecule has 2 aromatic carbocycles. The van der Waals surface area contributed by atoms with Gasteiger partial charge in [0.2, 0.25) is 10.0 Å². The van der Waals surface area contributed by atoms with E-state index in [0.29, 0.717) is 5.71 Å². The van der Waals surface area contributed by atoms with Crippen molar-refractivity contribution in [1.29, 1.82) is 0 Å². The van der Waals surface area contributed by atoms with Crippen LogP contribution in [0.1, 0.15) is 31.9 Å². The number of nitrogens with one attached hydrogen (secondary N) is 1. The number of aryl methyl sites for hydroxylation is 1. The molecular formula is C21H27N3O4S. The first-order chi connectivity index (χ1) is 13.6. The molecule has 0 spiro atoms. The Hall–Kier alpha value is -2.71. The van der Waals surface area contributed by atoms with E-state index in [4.69, 9.17) is 4.74 Å². The number of sulfonamides is 1. The molecule has 1 N–H and O–H groups in total. The molecule has 0 saturated carbocycles. The Morgan fingerprint density at radius 3 is 2.24 bits per heavy atom. The minimum absolute atomic E-state index is 0.0862. The zero-order valence-corrected chi connectivity index (χ0v) is 18.2. The minimum atomic E-state index is -3.75. The number of hydrazone groups is 1. The number of carbonyl (C=O) groups is 1. The fourth-order valence-corrected chi connectivity index (χ4v) is 3.60. The molecule has 2 aromatic rings. The molecule has 0 saturated heterocycles. The first kappa shape index (κ1) is 22.6. The maximum absolute atomic E-state index is 12.5. The zero-order chi connectivity index (χ0) is 21.6. The summed E-state index contributed by atoms with van der Waals surface area (Å²) in [5.41, 5.74) is 4.78. The molecule has 29 heavy (non-hydrogen) atoms. The van der Waals surface area contributed by atoms with Gasteiger partial charge in [-0.25, -0.2) is 13.8 Å². The quantitative estimate of drug-likeness (QED) is 0.528. The van der Waals surface area contributed by atoms with E-state index >= 15 is 0 Å². The van der Waals surface area contributed by atoms with E-state index in [1.54, 1.807) is 19.1 Å². The lowest BCUT2D eigenvalue weighted by atomic mass is 10.1. The lowest BCUT2D eigenvalue weighted by Gasteiger charge is -2.16. The van der Waals surface area contributed by atoms with Crippen LogP contribution < -0.4 is 10.2 Å². The van der Waals surface area contributed by atoms with E-state index in [-0.39, 0.29) is 17.5 Å². The summed E-state index contributed by atoms with van der Waals surface area (Å²) in [6.07, 6.45) is 0.0862. The first-order valence-corrected chi connectivity index (χ1v) is 10.7. The largest absolute Gasteiger partial charge is 0.491 e. The number of benzene rings is 2. The van der Waals surface area contributed by atoms with Crippen LogP contribution in [0.2, 0.25) is 0 Å². The Balaban J connectivity index is 1.98. The maximum atomic E-state index is 12.5. The average Bonchev–Trinajstić information content (AvgIpc) is 2.66. The van der Waals surface area contributed by atoms with Crippen LogP contribution in [0.4, 0.5) is 0 Å². The van der Waals surface area contributed by atoms with Crippen molar-refractivity contribution < 1.29 is 17.9 Å². The smallest absolute Gasteiger partial charge is 0.255 e. The summed E-state index contributed by atoms with van der Waals surface area (Å²) in [5, 5.41) is 4.06. The van der Waals surface area contributed by atoms with Crippen molar-refractivity contribution in [2.75, 3.05) is 13.6 Å². The summed E-state index contributed by atoms with van der Waals surface area (Å²) in [7, 11) is -2.39. The van der Waals surface area contributed by atoms with E-state index in [0.717, 1.165) is 21.2 Å². The van der Waals surface area contributed by atoms with Gasteiger partial charge in [-0.1, -0.05) is 17.7 Å². The van der Waals surface area contributed by atoms with Crippen LogP contribution in [0.15, 0.2) is 58.5 Å². The fraction of sp³-hybridized carbons (Fsp3) is 0.333. The van der Waals surface area contributed by atoms with Crippen LogP contribution in [0.5, 0.6) is 5.75 Å². The van der Waals surface area contributed by atoms with Gasteiger partial charge in [0.05, 0.1) is 23.3 Å². The lowest BCUT2D eigenvalue weighted by Crippen LogP contribution is -2.36. The predicted octanol–water partition coefficient (Wildman–Crippen LogP) is 2.94. The van der Waals surface area contributed by atoms with Crippen molar-refractivity contribution in [3.8, 4) is 5.75 Å². The van der Waals surface area contributed by atoms with E-state index < -0.39 is 15.9 Å². The Morgan fingerprint density at radius 2 is 1.69 bits per heavy atom. The maximum Gasteiger partial charge on any atom is 0.255 e. The van der Waals surface area contributed by atoms with Gasteiger partial charge < -0.3 is 4.74 Å². The Morgan fingerprint density at radius 1 is 1.10 bits per heavy atom. The third-order valence-electron chi connectivity index (χ3n) is 4.09. The summed E-state index contributed by atoms with van der Waals surface area (Å²) < 4.78 is 31.7. The Bertz CT molecular complexity index is 966. The first-order valence-electron chi connectivity index (χ1n) is 9.23. The highest BCUT2D eigenvalue weighted by Crippen LogP contribution is 2.15. The highest BCUT2D eigenvalue weighted by molar-refractivity contribution is 7.89. The standard InChI is InChI=1S/C21H27N3O4S/c1-15(2)28-19-10-8-18(9-11-19)17(4)22-23-21(25)14-24(5)29(26,27)20-12-6-16(3)7-13-20/h6-13,15H,14H2,1-5H3,(H,23,25)/b22-17-. The number of likely N-dealkylation sites (N-methyl/N-ethyl adjacent to an activating group) is 1. The molecule has 8 heteroatoms. The number of hydrogen-bond acceptors (Lipinski definition) is 5. The van der Waals surface area contributed by atoms with E-state index in [1.165, 1.54) is 19.2 Å². The van der Waals surface area contributed by atoms with Crippen LogP contribution in [0, 0.1) is 6.92 Å². The molecule has 0 aliphatic heterocycles. The van der Waals surface area contributed by atoms with E-state index in [9.17, 15) is 13.2 Å². The van der Waals surface area contributed by atoms with Gasteiger partial charge in [0, 0.05) is 7.05 Å². The van der Waals surface area contributed by atoms with Gasteiger partial charge in [-0.05, 0) is 69.7 Å². The number of nitrogens with zero attached hydrogens (tertiary/aromatic N) is 2. The number of hydrogen-bond donors (Lipinski definition) is 1. The molecule has 0 radical (unpaired) electrons. The van der Waals surface area contributed by atoms with Crippen LogP contribution in [0.3, 0.4) is 0 Å². The molecular weight excluding hydrogens is 390 g/mol. The van der Waals surface area contributed by atoms with Crippen molar-refractivity contribution in [1.82, 2.24) is 9.73 Å². The summed E-state index contributed by atoms with van der Waals surface area (Å²) in [6.45, 7) is 7.19. The van der Waals surface area contributed by atoms with Crippen molar-refractivity contribution in [3.63, 3.8) is 0 Å². The second-order valence-electron chi connectivity index (χ2n) is 7.00. The average molecular weight is 418 g/mol. The second kappa shape index (κ2) is 9.67. The third-order valence-corrected chi connectivity index (χ3v) is 5.91. The van der Waals surface area contributed by atoms with Gasteiger partial charge in [-0.15, -0.1) is 0 Å². The van der Waals surface area contributed by atoms with Gasteiger partial charge in [0.15, 0.2) is 0 Å². The van der Waals surface area contributed by atoms with Crippen LogP contribution in [0.25, 0.3) is 0 Å². The SMILES string of the molecule is C/C(=N/NC(=O)CN(C)S(=O)(=O)c1ccc(C)cc1)c1ccc(OC(C)C)cc1. The lowest BCUT2D eigenvalue weighted by molar-refractivity contribution is -0.121. The topological polar surface area (TPSA) is 88.1 Å². The van der Waals surface area contributed by atoms with Crippen LogP contribution in [-0.2, 0) is 14.8 Å². The van der Waals surface area contributed by atoms with Gasteiger partial charge in [0.25, 0.3) is 5.91 Å². The van der Waals surface area contributed by atoms with Crippen molar-refractivity contribution in [2.45, 2.75) is 38.7 Å². The molecule has 2 rings (SSSR count). The molecule has 0 aliphatic rings. The molecule has 0 fully saturated rings. The van der Waals surface area contributed by atoms with Gasteiger partial charge in [-0.2, -0.15) is 9.41 Å². The minimum Gasteiger partial charge on any atom is -0.491 e. The van der Waals surface area contributed by atoms with Crippen molar-refractivity contribution in [3.05, 3.63) is 59.7 Å². The van der Waals surface area contributed by atoms with Crippen molar-refractivity contribution in [2.24, 2.45) is 5.10 Å². The number of amides is 1. The number of rotatable bonds is 8. The number of ether oxygens (including phenoxy) is 1. The van der Waals surface area contributed by atoms with Crippen LogP contribution in [-0.4, -0.2) is 44.0 Å². The molecule has 7 nitrogen and oxygen atoms in total. The molecule has 0 unspecified atom stereocenters. The molecule has 0 bridgehead atoms. The van der Waals surface area contributed by atoms with Crippen molar-refractivity contribution >= 4 is 21.6 Å². The van der Waals surface area contributed by atoms with E-state index in [2.05, 4.69) is 10.5 Å². The normalized spacial score (nSPS) is 12.3. The fourth-order valence-electron chi connectivity index (χ4n) is 2.47. The molecule has 1 amide bonds. The summed E-state index contributed by atoms with van der Waals surface area (Å²) in [6, 6.07) is 13.8. The molecule has 156 valence electrons. The predicted molar refractivity (Wildman–Crippen MR) is 114 cm³/mol. The molecule has 0 aromatic heterocycles. The Labute approximate surface area is 172 Å². The second-order valence-corrected chi connectivity index (χ2v) is 9.04. The highest BCUT2D eigenvalue weighted by Gasteiger charge is 2.22. The Kier molecular flexibility index (Phi) is 7.53. The van der Waals surface area contributed by atoms with Gasteiger partial charge in [-0.3, -0.25) is 4.79 Å². The molecule has 0 aliphatic carbocycles. The summed E-state index contributed by atoms with van der Waals surface area (Å²) >= 11 is 0. The zero-order valence-electron chi connectivity index (χ0n) is 17.3. The highest BCUT2D eigenvalue weighted by atomic mass is 32.2. The monoisotopic (exact) mass is 417 g/mol. The van der Waals surface area contributed by atoms with Crippen LogP contribution >= 0.6 is 0 Å². The number of carbonyl (C=O) groups excluding carboxylic acids is 1. The third kappa shape index (κ3) is 6.40. The summed E-state index contributed by atoms with van der Waals surface area (Å²) in [5.74, 6) is 0.228.